The lowest BCUT2D eigenvalue weighted by atomic mass is 10.1. The Bertz CT molecular complexity index is 1110. The molecule has 142 valence electrons. The molecule has 5 nitrogen and oxygen atoms in total. The summed E-state index contributed by atoms with van der Waals surface area (Å²) in [6.45, 7) is 1.42. The SMILES string of the molecule is CC(=O)c1ccccc1NC(=O)/C(C#N)=C\c1cccc(Oc2ccccc2)c1. The zero-order valence-electron chi connectivity index (χ0n) is 15.8. The summed E-state index contributed by atoms with van der Waals surface area (Å²) in [5, 5.41) is 12.1. The van der Waals surface area contributed by atoms with Crippen molar-refractivity contribution in [2.75, 3.05) is 5.32 Å². The number of anilines is 1. The zero-order valence-corrected chi connectivity index (χ0v) is 15.8. The van der Waals surface area contributed by atoms with E-state index in [1.807, 2.05) is 36.4 Å². The smallest absolute Gasteiger partial charge is 0.266 e. The lowest BCUT2D eigenvalue weighted by Crippen LogP contribution is -2.15. The fraction of sp³-hybridized carbons (Fsp3) is 0.0417. The number of hydrogen-bond acceptors (Lipinski definition) is 4. The number of carbonyl (C=O) groups is 2. The van der Waals surface area contributed by atoms with Gasteiger partial charge in [0, 0.05) is 5.56 Å². The van der Waals surface area contributed by atoms with E-state index < -0.39 is 5.91 Å². The number of rotatable bonds is 6. The van der Waals surface area contributed by atoms with Gasteiger partial charge in [-0.05, 0) is 55.0 Å². The van der Waals surface area contributed by atoms with Crippen molar-refractivity contribution in [3.8, 4) is 17.6 Å². The average Bonchev–Trinajstić information content (AvgIpc) is 2.73. The summed E-state index contributed by atoms with van der Waals surface area (Å²) < 4.78 is 5.78. The van der Waals surface area contributed by atoms with Gasteiger partial charge in [0.25, 0.3) is 5.91 Å². The average molecular weight is 382 g/mol. The third-order valence-corrected chi connectivity index (χ3v) is 4.07. The predicted octanol–water partition coefficient (Wildman–Crippen LogP) is 5.23. The van der Waals surface area contributed by atoms with Crippen LogP contribution < -0.4 is 10.1 Å². The van der Waals surface area contributed by atoms with E-state index in [9.17, 15) is 14.9 Å². The van der Waals surface area contributed by atoms with Crippen LogP contribution in [0.4, 0.5) is 5.69 Å². The number of nitriles is 1. The normalized spacial score (nSPS) is 10.7. The van der Waals surface area contributed by atoms with Gasteiger partial charge in [-0.25, -0.2) is 0 Å². The van der Waals surface area contributed by atoms with E-state index >= 15 is 0 Å². The first-order chi connectivity index (χ1) is 14.1. The van der Waals surface area contributed by atoms with Gasteiger partial charge in [0.1, 0.15) is 23.1 Å². The van der Waals surface area contributed by atoms with E-state index in [1.165, 1.54) is 13.0 Å². The summed E-state index contributed by atoms with van der Waals surface area (Å²) in [4.78, 5) is 24.3. The quantitative estimate of drug-likeness (QED) is 0.360. The van der Waals surface area contributed by atoms with Gasteiger partial charge in [-0.15, -0.1) is 0 Å². The van der Waals surface area contributed by atoms with Crippen LogP contribution in [0.2, 0.25) is 0 Å². The van der Waals surface area contributed by atoms with Gasteiger partial charge in [0.05, 0.1) is 5.69 Å². The molecule has 0 saturated carbocycles. The van der Waals surface area contributed by atoms with Gasteiger partial charge < -0.3 is 10.1 Å². The highest BCUT2D eigenvalue weighted by Crippen LogP contribution is 2.23. The largest absolute Gasteiger partial charge is 0.457 e. The van der Waals surface area contributed by atoms with Crippen molar-refractivity contribution < 1.29 is 14.3 Å². The van der Waals surface area contributed by atoms with Gasteiger partial charge in [0.2, 0.25) is 0 Å². The number of ketones is 1. The molecule has 0 aliphatic carbocycles. The van der Waals surface area contributed by atoms with Crippen molar-refractivity contribution in [3.05, 3.63) is 95.6 Å². The van der Waals surface area contributed by atoms with E-state index in [0.29, 0.717) is 28.3 Å². The Morgan fingerprint density at radius 1 is 0.931 bits per heavy atom. The Kier molecular flexibility index (Phi) is 6.18. The maximum atomic E-state index is 12.6. The summed E-state index contributed by atoms with van der Waals surface area (Å²) in [6, 6.07) is 25.0. The van der Waals surface area contributed by atoms with Crippen LogP contribution >= 0.6 is 0 Å². The number of ether oxygens (including phenoxy) is 1. The third-order valence-electron chi connectivity index (χ3n) is 4.07. The summed E-state index contributed by atoms with van der Waals surface area (Å²) in [5.74, 6) is 0.516. The fourth-order valence-electron chi connectivity index (χ4n) is 2.70. The van der Waals surface area contributed by atoms with Gasteiger partial charge in [-0.1, -0.05) is 42.5 Å². The first kappa shape index (κ1) is 19.6. The Hall–Kier alpha value is -4.17. The number of benzene rings is 3. The number of nitrogens with zero attached hydrogens (tertiary/aromatic N) is 1. The first-order valence-electron chi connectivity index (χ1n) is 8.93. The molecule has 0 aliphatic heterocycles. The van der Waals surface area contributed by atoms with Crippen LogP contribution in [0.5, 0.6) is 11.5 Å². The summed E-state index contributed by atoms with van der Waals surface area (Å²) >= 11 is 0. The molecule has 3 aromatic rings. The molecule has 0 heterocycles. The molecule has 29 heavy (non-hydrogen) atoms. The second-order valence-corrected chi connectivity index (χ2v) is 6.21. The molecule has 1 amide bonds. The van der Waals surface area contributed by atoms with Gasteiger partial charge in [-0.3, -0.25) is 9.59 Å². The summed E-state index contributed by atoms with van der Waals surface area (Å²) in [6.07, 6.45) is 1.48. The van der Waals surface area contributed by atoms with Crippen molar-refractivity contribution in [3.63, 3.8) is 0 Å². The summed E-state index contributed by atoms with van der Waals surface area (Å²) in [5.41, 5.74) is 1.31. The molecule has 0 unspecified atom stereocenters. The molecule has 0 radical (unpaired) electrons. The van der Waals surface area contributed by atoms with Gasteiger partial charge in [-0.2, -0.15) is 5.26 Å². The maximum Gasteiger partial charge on any atom is 0.266 e. The molecule has 0 fully saturated rings. The molecule has 0 saturated heterocycles. The van der Waals surface area contributed by atoms with Crippen molar-refractivity contribution in [1.29, 1.82) is 5.26 Å². The molecule has 0 spiro atoms. The zero-order chi connectivity index (χ0) is 20.6. The Morgan fingerprint density at radius 3 is 2.34 bits per heavy atom. The first-order valence-corrected chi connectivity index (χ1v) is 8.93. The standard InChI is InChI=1S/C24H18N2O3/c1-17(27)22-12-5-6-13-23(22)26-24(28)19(16-25)14-18-8-7-11-21(15-18)29-20-9-3-2-4-10-20/h2-15H,1H3,(H,26,28)/b19-14-. The van der Waals surface area contributed by atoms with Crippen LogP contribution in [0.1, 0.15) is 22.8 Å². The lowest BCUT2D eigenvalue weighted by molar-refractivity contribution is -0.112. The van der Waals surface area contributed by atoms with E-state index in [-0.39, 0.29) is 11.4 Å². The van der Waals surface area contributed by atoms with Crippen LogP contribution in [-0.2, 0) is 4.79 Å². The Morgan fingerprint density at radius 2 is 1.62 bits per heavy atom. The Labute approximate surface area is 168 Å². The van der Waals surface area contributed by atoms with Crippen LogP contribution in [-0.4, -0.2) is 11.7 Å². The van der Waals surface area contributed by atoms with Crippen molar-refractivity contribution in [2.24, 2.45) is 0 Å². The second-order valence-electron chi connectivity index (χ2n) is 6.21. The minimum atomic E-state index is -0.587. The van der Waals surface area contributed by atoms with E-state index in [2.05, 4.69) is 5.32 Å². The number of hydrogen-bond donors (Lipinski definition) is 1. The lowest BCUT2D eigenvalue weighted by Gasteiger charge is -2.09. The number of amides is 1. The molecule has 1 N–H and O–H groups in total. The highest BCUT2D eigenvalue weighted by atomic mass is 16.5. The van der Waals surface area contributed by atoms with Crippen molar-refractivity contribution in [1.82, 2.24) is 0 Å². The monoisotopic (exact) mass is 382 g/mol. The van der Waals surface area contributed by atoms with E-state index in [1.54, 1.807) is 48.5 Å². The second kappa shape index (κ2) is 9.16. The van der Waals surface area contributed by atoms with Crippen LogP contribution in [0.15, 0.2) is 84.4 Å². The number of nitrogens with one attached hydrogen (secondary N) is 1. The van der Waals surface area contributed by atoms with Gasteiger partial charge >= 0.3 is 0 Å². The van der Waals surface area contributed by atoms with E-state index in [0.717, 1.165) is 0 Å². The molecular weight excluding hydrogens is 364 g/mol. The van der Waals surface area contributed by atoms with E-state index in [4.69, 9.17) is 4.74 Å². The van der Waals surface area contributed by atoms with Crippen LogP contribution in [0.25, 0.3) is 6.08 Å². The molecule has 3 rings (SSSR count). The summed E-state index contributed by atoms with van der Waals surface area (Å²) in [7, 11) is 0. The number of carbonyl (C=O) groups excluding carboxylic acids is 2. The van der Waals surface area contributed by atoms with Crippen LogP contribution in [0.3, 0.4) is 0 Å². The minimum absolute atomic E-state index is 0.0831. The number of para-hydroxylation sites is 2. The predicted molar refractivity (Wildman–Crippen MR) is 112 cm³/mol. The van der Waals surface area contributed by atoms with Crippen molar-refractivity contribution >= 4 is 23.5 Å². The third kappa shape index (κ3) is 5.18. The van der Waals surface area contributed by atoms with Crippen LogP contribution in [0, 0.1) is 11.3 Å². The van der Waals surface area contributed by atoms with Gasteiger partial charge in [0.15, 0.2) is 5.78 Å². The molecule has 0 aromatic heterocycles. The molecular formula is C24H18N2O3. The maximum absolute atomic E-state index is 12.6. The topological polar surface area (TPSA) is 79.2 Å². The molecule has 0 atom stereocenters. The number of Topliss-reactive ketones (excluding diaryl/α,β-unsaturated/α-hetero) is 1. The minimum Gasteiger partial charge on any atom is -0.457 e. The molecule has 0 bridgehead atoms. The van der Waals surface area contributed by atoms with Crippen molar-refractivity contribution in [2.45, 2.75) is 6.92 Å². The highest BCUT2D eigenvalue weighted by molar-refractivity contribution is 6.12. The Balaban J connectivity index is 1.81. The molecule has 0 aliphatic rings. The highest BCUT2D eigenvalue weighted by Gasteiger charge is 2.13. The molecule has 3 aromatic carbocycles. The fourth-order valence-corrected chi connectivity index (χ4v) is 2.70. The molecule has 5 heteroatoms.